The van der Waals surface area contributed by atoms with Crippen LogP contribution < -0.4 is 5.32 Å². The van der Waals surface area contributed by atoms with Gasteiger partial charge < -0.3 is 5.32 Å². The van der Waals surface area contributed by atoms with E-state index in [1.807, 2.05) is 63.2 Å². The van der Waals surface area contributed by atoms with E-state index in [-0.39, 0.29) is 12.5 Å². The number of anilines is 1. The van der Waals surface area contributed by atoms with Gasteiger partial charge in [-0.2, -0.15) is 17.0 Å². The molecule has 1 heterocycles. The first-order valence-electron chi connectivity index (χ1n) is 8.93. The number of aryl methyl sites for hydroxylation is 3. The fourth-order valence-electron chi connectivity index (χ4n) is 3.06. The highest BCUT2D eigenvalue weighted by molar-refractivity contribution is 7.87. The van der Waals surface area contributed by atoms with E-state index in [0.717, 1.165) is 22.3 Å². The van der Waals surface area contributed by atoms with E-state index in [0.29, 0.717) is 25.3 Å². The number of rotatable bonds is 5. The lowest BCUT2D eigenvalue weighted by Gasteiger charge is -2.19. The summed E-state index contributed by atoms with van der Waals surface area (Å²) in [4.78, 5) is 12.4. The highest BCUT2D eigenvalue weighted by Crippen LogP contribution is 2.21. The Labute approximate surface area is 161 Å². The molecular formula is C20H25N3O3S. The van der Waals surface area contributed by atoms with Crippen LogP contribution >= 0.6 is 0 Å². The first-order valence-corrected chi connectivity index (χ1v) is 10.3. The fourth-order valence-corrected chi connectivity index (χ4v) is 4.60. The van der Waals surface area contributed by atoms with Crippen LogP contribution in [0, 0.1) is 20.8 Å². The van der Waals surface area contributed by atoms with Crippen LogP contribution in [0.2, 0.25) is 0 Å². The first-order chi connectivity index (χ1) is 12.8. The van der Waals surface area contributed by atoms with Crippen molar-refractivity contribution in [2.45, 2.75) is 27.3 Å². The number of nitrogens with one attached hydrogen (secondary N) is 1. The highest BCUT2D eigenvalue weighted by Gasteiger charge is 2.37. The number of benzene rings is 2. The highest BCUT2D eigenvalue weighted by atomic mass is 32.2. The second-order valence-corrected chi connectivity index (χ2v) is 8.96. The van der Waals surface area contributed by atoms with E-state index in [1.54, 1.807) is 0 Å². The van der Waals surface area contributed by atoms with Crippen molar-refractivity contribution in [1.29, 1.82) is 0 Å². The monoisotopic (exact) mass is 387 g/mol. The molecule has 1 fully saturated rings. The van der Waals surface area contributed by atoms with E-state index in [9.17, 15) is 13.2 Å². The van der Waals surface area contributed by atoms with E-state index < -0.39 is 10.2 Å². The summed E-state index contributed by atoms with van der Waals surface area (Å²) in [6.07, 6.45) is 0. The molecule has 0 aromatic heterocycles. The predicted molar refractivity (Wildman–Crippen MR) is 107 cm³/mol. The third-order valence-electron chi connectivity index (χ3n) is 4.72. The van der Waals surface area contributed by atoms with Crippen LogP contribution in [-0.2, 0) is 21.5 Å². The molecule has 0 spiro atoms. The molecule has 2 aromatic carbocycles. The van der Waals surface area contributed by atoms with Gasteiger partial charge in [0.05, 0.1) is 6.54 Å². The Morgan fingerprint density at radius 1 is 0.963 bits per heavy atom. The molecule has 0 unspecified atom stereocenters. The van der Waals surface area contributed by atoms with Crippen molar-refractivity contribution >= 4 is 21.8 Å². The molecule has 2 aromatic rings. The standard InChI is InChI=1S/C20H25N3O3S/c1-15-5-8-18(9-6-15)13-22-10-11-23(27(22,25)26)14-20(24)21-19-12-16(2)4-7-17(19)3/h4-9,12H,10-11,13-14H2,1-3H3,(H,21,24). The fraction of sp³-hybridized carbons (Fsp3) is 0.350. The van der Waals surface area contributed by atoms with Crippen LogP contribution in [-0.4, -0.2) is 42.6 Å². The summed E-state index contributed by atoms with van der Waals surface area (Å²) in [6, 6.07) is 13.6. The first kappa shape index (κ1) is 19.5. The van der Waals surface area contributed by atoms with E-state index in [2.05, 4.69) is 5.32 Å². The van der Waals surface area contributed by atoms with Gasteiger partial charge in [-0.1, -0.05) is 42.0 Å². The molecule has 6 nitrogen and oxygen atoms in total. The van der Waals surface area contributed by atoms with Crippen LogP contribution in [0.1, 0.15) is 22.3 Å². The van der Waals surface area contributed by atoms with Crippen molar-refractivity contribution in [1.82, 2.24) is 8.61 Å². The summed E-state index contributed by atoms with van der Waals surface area (Å²) in [6.45, 7) is 6.68. The molecule has 1 amide bonds. The van der Waals surface area contributed by atoms with Gasteiger partial charge in [-0.15, -0.1) is 0 Å². The summed E-state index contributed by atoms with van der Waals surface area (Å²) >= 11 is 0. The number of amides is 1. The minimum Gasteiger partial charge on any atom is -0.325 e. The average Bonchev–Trinajstić information content (AvgIpc) is 2.87. The number of hydrogen-bond donors (Lipinski definition) is 1. The molecule has 1 aliphatic rings. The minimum atomic E-state index is -3.64. The van der Waals surface area contributed by atoms with Crippen molar-refractivity contribution in [3.63, 3.8) is 0 Å². The maximum Gasteiger partial charge on any atom is 0.282 e. The van der Waals surface area contributed by atoms with Crippen molar-refractivity contribution < 1.29 is 13.2 Å². The van der Waals surface area contributed by atoms with Crippen LogP contribution in [0.25, 0.3) is 0 Å². The summed E-state index contributed by atoms with van der Waals surface area (Å²) in [5.74, 6) is -0.329. The predicted octanol–water partition coefficient (Wildman–Crippen LogP) is 2.61. The lowest BCUT2D eigenvalue weighted by molar-refractivity contribution is -0.116. The minimum absolute atomic E-state index is 0.180. The van der Waals surface area contributed by atoms with Gasteiger partial charge in [-0.05, 0) is 43.5 Å². The molecule has 7 heteroatoms. The smallest absolute Gasteiger partial charge is 0.282 e. The quantitative estimate of drug-likeness (QED) is 0.857. The second kappa shape index (κ2) is 7.80. The van der Waals surface area contributed by atoms with E-state index in [4.69, 9.17) is 0 Å². The Balaban J connectivity index is 1.64. The SMILES string of the molecule is Cc1ccc(CN2CCN(CC(=O)Nc3cc(C)ccc3C)S2(=O)=O)cc1. The molecule has 0 radical (unpaired) electrons. The molecule has 3 rings (SSSR count). The van der Waals surface area contributed by atoms with Gasteiger partial charge in [0.15, 0.2) is 0 Å². The number of hydrogen-bond acceptors (Lipinski definition) is 3. The zero-order chi connectivity index (χ0) is 19.6. The van der Waals surface area contributed by atoms with Crippen LogP contribution in [0.4, 0.5) is 5.69 Å². The molecule has 1 N–H and O–H groups in total. The van der Waals surface area contributed by atoms with Gasteiger partial charge in [0, 0.05) is 25.3 Å². The maximum absolute atomic E-state index is 12.7. The van der Waals surface area contributed by atoms with E-state index in [1.165, 1.54) is 8.61 Å². The molecule has 144 valence electrons. The summed E-state index contributed by atoms with van der Waals surface area (Å²) < 4.78 is 28.1. The van der Waals surface area contributed by atoms with Crippen molar-refractivity contribution in [2.24, 2.45) is 0 Å². The van der Waals surface area contributed by atoms with Gasteiger partial charge in [0.25, 0.3) is 10.2 Å². The van der Waals surface area contributed by atoms with Gasteiger partial charge >= 0.3 is 0 Å². The van der Waals surface area contributed by atoms with Crippen molar-refractivity contribution in [3.8, 4) is 0 Å². The Bertz CT molecular complexity index is 939. The van der Waals surface area contributed by atoms with Gasteiger partial charge in [0.2, 0.25) is 5.91 Å². The normalized spacial score (nSPS) is 17.1. The molecule has 0 atom stereocenters. The molecule has 1 saturated heterocycles. The third-order valence-corrected chi connectivity index (χ3v) is 6.65. The zero-order valence-corrected chi connectivity index (χ0v) is 16.7. The molecule has 0 bridgehead atoms. The van der Waals surface area contributed by atoms with E-state index >= 15 is 0 Å². The Morgan fingerprint density at radius 2 is 1.59 bits per heavy atom. The number of carbonyl (C=O) groups is 1. The Kier molecular flexibility index (Phi) is 5.64. The van der Waals surface area contributed by atoms with Crippen LogP contribution in [0.5, 0.6) is 0 Å². The van der Waals surface area contributed by atoms with Crippen molar-refractivity contribution in [2.75, 3.05) is 25.0 Å². The van der Waals surface area contributed by atoms with Crippen LogP contribution in [0.15, 0.2) is 42.5 Å². The van der Waals surface area contributed by atoms with Gasteiger partial charge in [-0.3, -0.25) is 4.79 Å². The maximum atomic E-state index is 12.7. The number of carbonyl (C=O) groups excluding carboxylic acids is 1. The topological polar surface area (TPSA) is 69.7 Å². The summed E-state index contributed by atoms with van der Waals surface area (Å²) in [5.41, 5.74) is 4.76. The molecule has 27 heavy (non-hydrogen) atoms. The van der Waals surface area contributed by atoms with Crippen molar-refractivity contribution in [3.05, 3.63) is 64.7 Å². The summed E-state index contributed by atoms with van der Waals surface area (Å²) in [5, 5.41) is 2.82. The summed E-state index contributed by atoms with van der Waals surface area (Å²) in [7, 11) is -3.64. The largest absolute Gasteiger partial charge is 0.325 e. The average molecular weight is 388 g/mol. The lowest BCUT2D eigenvalue weighted by Crippen LogP contribution is -2.37. The third kappa shape index (κ3) is 4.55. The second-order valence-electron chi connectivity index (χ2n) is 7.03. The van der Waals surface area contributed by atoms with Crippen LogP contribution in [0.3, 0.4) is 0 Å². The molecule has 0 saturated carbocycles. The van der Waals surface area contributed by atoms with Gasteiger partial charge in [-0.25, -0.2) is 0 Å². The molecule has 0 aliphatic carbocycles. The molecule has 1 aliphatic heterocycles. The molecular weight excluding hydrogens is 362 g/mol. The zero-order valence-electron chi connectivity index (χ0n) is 15.9. The number of nitrogens with zero attached hydrogens (tertiary/aromatic N) is 2. The Hall–Kier alpha value is -2.22. The van der Waals surface area contributed by atoms with Gasteiger partial charge in [0.1, 0.15) is 0 Å². The lowest BCUT2D eigenvalue weighted by atomic mass is 10.1. The Morgan fingerprint density at radius 3 is 2.30 bits per heavy atom.